The first-order valence-electron chi connectivity index (χ1n) is 14.2. The van der Waals surface area contributed by atoms with Crippen LogP contribution in [0.5, 0.6) is 0 Å². The van der Waals surface area contributed by atoms with Crippen LogP contribution in [0.4, 0.5) is 5.69 Å². The average Bonchev–Trinajstić information content (AvgIpc) is 3.40. The second kappa shape index (κ2) is 11.3. The van der Waals surface area contributed by atoms with Gasteiger partial charge in [0.05, 0.1) is 35.2 Å². The molecule has 0 bridgehead atoms. The molecule has 39 heavy (non-hydrogen) atoms. The van der Waals surface area contributed by atoms with Gasteiger partial charge in [0.1, 0.15) is 0 Å². The van der Waals surface area contributed by atoms with Gasteiger partial charge in [0.25, 0.3) is 0 Å². The maximum absolute atomic E-state index is 13.0. The van der Waals surface area contributed by atoms with Crippen LogP contribution in [-0.4, -0.2) is 86.0 Å². The van der Waals surface area contributed by atoms with Crippen molar-refractivity contribution in [3.8, 4) is 11.3 Å². The van der Waals surface area contributed by atoms with Crippen LogP contribution in [0.25, 0.3) is 22.2 Å². The molecule has 8 nitrogen and oxygen atoms in total. The summed E-state index contributed by atoms with van der Waals surface area (Å²) in [7, 11) is -2.91. The van der Waals surface area contributed by atoms with Crippen LogP contribution in [0.2, 0.25) is 0 Å². The number of benzene rings is 2. The number of aromatic amines is 1. The third-order valence-corrected chi connectivity index (χ3v) is 10.0. The first-order chi connectivity index (χ1) is 18.9. The summed E-state index contributed by atoms with van der Waals surface area (Å²) in [6.45, 7) is 4.72. The van der Waals surface area contributed by atoms with Crippen molar-refractivity contribution in [2.75, 3.05) is 56.2 Å². The summed E-state index contributed by atoms with van der Waals surface area (Å²) >= 11 is 0. The zero-order valence-electron chi connectivity index (χ0n) is 22.4. The van der Waals surface area contributed by atoms with Gasteiger partial charge in [0, 0.05) is 56.5 Å². The van der Waals surface area contributed by atoms with Gasteiger partial charge in [-0.15, -0.1) is 0 Å². The zero-order valence-corrected chi connectivity index (χ0v) is 23.2. The van der Waals surface area contributed by atoms with Gasteiger partial charge in [0.15, 0.2) is 9.84 Å². The molecule has 3 fully saturated rings. The van der Waals surface area contributed by atoms with Gasteiger partial charge in [-0.05, 0) is 55.0 Å². The smallest absolute Gasteiger partial charge is 0.228 e. The third-order valence-electron chi connectivity index (χ3n) is 8.39. The summed E-state index contributed by atoms with van der Waals surface area (Å²) in [5, 5.41) is 4.95. The number of hydrogen-bond donors (Lipinski definition) is 2. The molecule has 1 aromatic heterocycles. The fraction of sp³-hybridized carbons (Fsp3) is 0.500. The zero-order chi connectivity index (χ0) is 26.8. The van der Waals surface area contributed by atoms with Crippen LogP contribution in [0.15, 0.2) is 48.5 Å². The molecule has 0 radical (unpaired) electrons. The first-order valence-corrected chi connectivity index (χ1v) is 16.0. The number of nitrogens with one attached hydrogen (secondary N) is 2. The Labute approximate surface area is 230 Å². The molecule has 0 aliphatic carbocycles. The van der Waals surface area contributed by atoms with Gasteiger partial charge in [-0.2, -0.15) is 0 Å². The SMILES string of the molecule is O=C(C1CCCOC1)N1CCC(Nc2cc(CN3CCS(=O)(=O)CC3)cc3cc(-c4ccccc4)[nH]c23)CC1. The summed E-state index contributed by atoms with van der Waals surface area (Å²) in [4.78, 5) is 20.9. The highest BCUT2D eigenvalue weighted by Crippen LogP contribution is 2.32. The number of anilines is 1. The number of nitrogens with zero attached hydrogens (tertiary/aromatic N) is 2. The van der Waals surface area contributed by atoms with E-state index in [0.29, 0.717) is 19.7 Å². The Morgan fingerprint density at radius 1 is 1.00 bits per heavy atom. The van der Waals surface area contributed by atoms with Crippen LogP contribution >= 0.6 is 0 Å². The summed E-state index contributed by atoms with van der Waals surface area (Å²) in [6.07, 6.45) is 3.71. The second-order valence-corrected chi connectivity index (χ2v) is 13.5. The molecule has 0 saturated carbocycles. The Kier molecular flexibility index (Phi) is 7.64. The van der Waals surface area contributed by atoms with Crippen molar-refractivity contribution in [2.24, 2.45) is 5.92 Å². The van der Waals surface area contributed by atoms with E-state index in [9.17, 15) is 13.2 Å². The molecule has 3 aliphatic heterocycles. The average molecular weight is 551 g/mol. The number of carbonyl (C=O) groups excluding carboxylic acids is 1. The third kappa shape index (κ3) is 6.15. The Morgan fingerprint density at radius 2 is 1.77 bits per heavy atom. The van der Waals surface area contributed by atoms with Crippen LogP contribution in [0.1, 0.15) is 31.2 Å². The van der Waals surface area contributed by atoms with Crippen molar-refractivity contribution in [1.29, 1.82) is 0 Å². The number of piperidine rings is 1. The molecule has 3 saturated heterocycles. The van der Waals surface area contributed by atoms with Crippen molar-refractivity contribution in [3.63, 3.8) is 0 Å². The highest BCUT2D eigenvalue weighted by atomic mass is 32.2. The molecule has 1 amide bonds. The van der Waals surface area contributed by atoms with Crippen molar-refractivity contribution in [1.82, 2.24) is 14.8 Å². The number of rotatable bonds is 6. The van der Waals surface area contributed by atoms with Crippen molar-refractivity contribution < 1.29 is 17.9 Å². The quantitative estimate of drug-likeness (QED) is 0.484. The van der Waals surface area contributed by atoms with E-state index in [4.69, 9.17) is 4.74 Å². The van der Waals surface area contributed by atoms with E-state index in [2.05, 4.69) is 45.5 Å². The second-order valence-electron chi connectivity index (χ2n) is 11.2. The molecule has 1 atom stereocenters. The molecule has 9 heteroatoms. The topological polar surface area (TPSA) is 94.7 Å². The standard InChI is InChI=1S/C30H38N4O4S/c35-30(24-7-4-14-38-21-24)34-10-8-26(9-11-34)31-28-18-22(20-33-12-15-39(36,37)16-13-33)17-25-19-27(32-29(25)28)23-5-2-1-3-6-23/h1-3,5-6,17-19,24,26,31-32H,4,7-16,20-21H2. The number of hydrogen-bond acceptors (Lipinski definition) is 6. The monoisotopic (exact) mass is 550 g/mol. The predicted octanol–water partition coefficient (Wildman–Crippen LogP) is 3.89. The van der Waals surface area contributed by atoms with E-state index in [-0.39, 0.29) is 29.4 Å². The minimum absolute atomic E-state index is 0.0136. The number of H-pyrrole nitrogens is 1. The summed E-state index contributed by atoms with van der Waals surface area (Å²) in [6, 6.07) is 17.2. The molecular formula is C30H38N4O4S. The minimum Gasteiger partial charge on any atom is -0.381 e. The maximum atomic E-state index is 13.0. The molecule has 4 heterocycles. The predicted molar refractivity (Wildman–Crippen MR) is 154 cm³/mol. The van der Waals surface area contributed by atoms with Gasteiger partial charge >= 0.3 is 0 Å². The van der Waals surface area contributed by atoms with Gasteiger partial charge in [0.2, 0.25) is 5.91 Å². The van der Waals surface area contributed by atoms with E-state index in [0.717, 1.165) is 79.8 Å². The number of sulfone groups is 1. The van der Waals surface area contributed by atoms with E-state index in [1.165, 1.54) is 5.56 Å². The molecule has 3 aromatic rings. The summed E-state index contributed by atoms with van der Waals surface area (Å²) in [5.41, 5.74) is 5.54. The largest absolute Gasteiger partial charge is 0.381 e. The fourth-order valence-corrected chi connectivity index (χ4v) is 7.39. The van der Waals surface area contributed by atoms with E-state index in [1.54, 1.807) is 0 Å². The molecule has 3 aliphatic rings. The Bertz CT molecular complexity index is 1390. The number of aromatic nitrogens is 1. The number of amides is 1. The van der Waals surface area contributed by atoms with E-state index >= 15 is 0 Å². The Morgan fingerprint density at radius 3 is 2.49 bits per heavy atom. The van der Waals surface area contributed by atoms with Crippen molar-refractivity contribution >= 4 is 32.3 Å². The van der Waals surface area contributed by atoms with Crippen molar-refractivity contribution in [2.45, 2.75) is 38.3 Å². The minimum atomic E-state index is -2.91. The fourth-order valence-electron chi connectivity index (χ4n) is 6.11. The highest BCUT2D eigenvalue weighted by molar-refractivity contribution is 7.91. The highest BCUT2D eigenvalue weighted by Gasteiger charge is 2.30. The van der Waals surface area contributed by atoms with Gasteiger partial charge in [-0.3, -0.25) is 9.69 Å². The lowest BCUT2D eigenvalue weighted by Gasteiger charge is -2.36. The van der Waals surface area contributed by atoms with Gasteiger partial charge < -0.3 is 19.9 Å². The number of likely N-dealkylation sites (tertiary alicyclic amines) is 1. The lowest BCUT2D eigenvalue weighted by Crippen LogP contribution is -2.46. The number of carbonyl (C=O) groups is 1. The molecule has 2 N–H and O–H groups in total. The molecule has 0 spiro atoms. The lowest BCUT2D eigenvalue weighted by atomic mass is 9.97. The number of ether oxygens (including phenoxy) is 1. The van der Waals surface area contributed by atoms with Crippen molar-refractivity contribution in [3.05, 3.63) is 54.1 Å². The first kappa shape index (κ1) is 26.3. The van der Waals surface area contributed by atoms with Gasteiger partial charge in [-0.25, -0.2) is 8.42 Å². The van der Waals surface area contributed by atoms with E-state index < -0.39 is 9.84 Å². The molecule has 2 aromatic carbocycles. The molecule has 1 unspecified atom stereocenters. The Hall–Kier alpha value is -2.88. The molecule has 208 valence electrons. The van der Waals surface area contributed by atoms with Crippen LogP contribution < -0.4 is 5.32 Å². The van der Waals surface area contributed by atoms with E-state index in [1.807, 2.05) is 23.1 Å². The van der Waals surface area contributed by atoms with Gasteiger partial charge in [-0.1, -0.05) is 30.3 Å². The lowest BCUT2D eigenvalue weighted by molar-refractivity contribution is -0.140. The van der Waals surface area contributed by atoms with Crippen LogP contribution in [0.3, 0.4) is 0 Å². The molecular weight excluding hydrogens is 512 g/mol. The number of fused-ring (bicyclic) bond motifs is 1. The Balaban J connectivity index is 1.20. The van der Waals surface area contributed by atoms with Crippen LogP contribution in [-0.2, 0) is 25.9 Å². The van der Waals surface area contributed by atoms with Crippen LogP contribution in [0, 0.1) is 5.92 Å². The normalized spacial score (nSPS) is 22.7. The molecule has 6 rings (SSSR count). The summed E-state index contributed by atoms with van der Waals surface area (Å²) < 4.78 is 29.4. The maximum Gasteiger partial charge on any atom is 0.228 e. The summed E-state index contributed by atoms with van der Waals surface area (Å²) in [5.74, 6) is 0.720.